The maximum atomic E-state index is 8.63. The zero-order valence-electron chi connectivity index (χ0n) is 17.5. The van der Waals surface area contributed by atoms with E-state index in [0.29, 0.717) is 17.2 Å². The van der Waals surface area contributed by atoms with Gasteiger partial charge in [0, 0.05) is 0 Å². The van der Waals surface area contributed by atoms with Gasteiger partial charge >= 0.3 is 0 Å². The molecule has 0 unspecified atom stereocenters. The highest BCUT2D eigenvalue weighted by Crippen LogP contribution is 2.04. The monoisotopic (exact) mass is 372 g/mol. The van der Waals surface area contributed by atoms with Crippen molar-refractivity contribution < 1.29 is 15.3 Å². The Balaban J connectivity index is -0.000000281. The smallest absolute Gasteiger partial charge is 0.115 e. The van der Waals surface area contributed by atoms with Gasteiger partial charge < -0.3 is 15.3 Å². The molecule has 0 aliphatic carbocycles. The molecule has 0 atom stereocenters. The molecule has 0 saturated carbocycles. The lowest BCUT2D eigenvalue weighted by Gasteiger charge is -1.82. The average Bonchev–Trinajstić information content (AvgIpc) is 2.75. The Morgan fingerprint density at radius 1 is 0.333 bits per heavy atom. The molecule has 0 aromatic heterocycles. The molecular formula is C24H36O3. The molecule has 3 aromatic carbocycles. The molecule has 0 amide bonds. The highest BCUT2D eigenvalue weighted by Gasteiger charge is 1.76. The number of benzene rings is 3. The fourth-order valence-corrected chi connectivity index (χ4v) is 1.28. The predicted octanol–water partition coefficient (Wildman–Crippen LogP) is 7.26. The van der Waals surface area contributed by atoms with E-state index in [-0.39, 0.29) is 0 Å². The zero-order valence-corrected chi connectivity index (χ0v) is 17.5. The van der Waals surface area contributed by atoms with Crippen LogP contribution < -0.4 is 0 Å². The molecule has 27 heavy (non-hydrogen) atoms. The summed E-state index contributed by atoms with van der Waals surface area (Å²) in [6, 6.07) is 26.1. The Bertz CT molecular complexity index is 493. The zero-order chi connectivity index (χ0) is 21.3. The number of phenols is 3. The van der Waals surface area contributed by atoms with Crippen LogP contribution in [0.2, 0.25) is 0 Å². The van der Waals surface area contributed by atoms with Crippen LogP contribution in [0, 0.1) is 0 Å². The fourth-order valence-electron chi connectivity index (χ4n) is 1.28. The van der Waals surface area contributed by atoms with E-state index in [4.69, 9.17) is 15.3 Å². The SMILES string of the molecule is CC.CC.CC.Oc1ccccc1.Oc1ccccc1.Oc1ccccc1. The Labute approximate surface area is 165 Å². The average molecular weight is 373 g/mol. The van der Waals surface area contributed by atoms with Gasteiger partial charge in [-0.05, 0) is 36.4 Å². The Kier molecular flexibility index (Phi) is 27.0. The van der Waals surface area contributed by atoms with Gasteiger partial charge in [0.05, 0.1) is 0 Å². The molecular weight excluding hydrogens is 336 g/mol. The second-order valence-electron chi connectivity index (χ2n) is 4.01. The first-order valence-electron chi connectivity index (χ1n) is 9.40. The number of hydrogen-bond acceptors (Lipinski definition) is 3. The van der Waals surface area contributed by atoms with Crippen LogP contribution in [0.3, 0.4) is 0 Å². The van der Waals surface area contributed by atoms with Crippen molar-refractivity contribution in [2.24, 2.45) is 0 Å². The first-order valence-corrected chi connectivity index (χ1v) is 9.40. The van der Waals surface area contributed by atoms with E-state index in [9.17, 15) is 0 Å². The number of phenolic OH excluding ortho intramolecular Hbond substituents is 3. The molecule has 3 nitrogen and oxygen atoms in total. The third kappa shape index (κ3) is 23.1. The van der Waals surface area contributed by atoms with E-state index in [0.717, 1.165) is 0 Å². The maximum Gasteiger partial charge on any atom is 0.115 e. The summed E-state index contributed by atoms with van der Waals surface area (Å²) in [4.78, 5) is 0. The maximum absolute atomic E-state index is 8.63. The van der Waals surface area contributed by atoms with Crippen LogP contribution in [-0.2, 0) is 0 Å². The standard InChI is InChI=1S/3C6H6O.3C2H6/c3*7-6-4-2-1-3-5-6;3*1-2/h3*1-5,7H;3*1-2H3. The van der Waals surface area contributed by atoms with Crippen molar-refractivity contribution in [2.45, 2.75) is 41.5 Å². The van der Waals surface area contributed by atoms with Crippen LogP contribution in [0.4, 0.5) is 0 Å². The molecule has 0 radical (unpaired) electrons. The lowest BCUT2D eigenvalue weighted by Crippen LogP contribution is -1.56. The molecule has 0 spiro atoms. The lowest BCUT2D eigenvalue weighted by molar-refractivity contribution is 0.475. The van der Waals surface area contributed by atoms with Crippen molar-refractivity contribution in [1.82, 2.24) is 0 Å². The molecule has 3 rings (SSSR count). The molecule has 3 aromatic rings. The highest BCUT2D eigenvalue weighted by atomic mass is 16.3. The van der Waals surface area contributed by atoms with E-state index in [1.807, 2.05) is 59.7 Å². The van der Waals surface area contributed by atoms with Crippen molar-refractivity contribution in [3.05, 3.63) is 91.0 Å². The third-order valence-electron chi connectivity index (χ3n) is 2.27. The normalized spacial score (nSPS) is 7.33. The molecule has 0 bridgehead atoms. The van der Waals surface area contributed by atoms with E-state index < -0.39 is 0 Å². The van der Waals surface area contributed by atoms with Gasteiger partial charge in [-0.1, -0.05) is 96.1 Å². The summed E-state index contributed by atoms with van der Waals surface area (Å²) in [5, 5.41) is 25.9. The van der Waals surface area contributed by atoms with Gasteiger partial charge in [-0.2, -0.15) is 0 Å². The molecule has 0 aliphatic rings. The first kappa shape index (κ1) is 28.8. The van der Waals surface area contributed by atoms with Gasteiger partial charge in [0.1, 0.15) is 17.2 Å². The quantitative estimate of drug-likeness (QED) is 0.389. The molecule has 0 heterocycles. The van der Waals surface area contributed by atoms with Crippen molar-refractivity contribution >= 4 is 0 Å². The molecule has 0 fully saturated rings. The van der Waals surface area contributed by atoms with E-state index in [1.165, 1.54) is 0 Å². The van der Waals surface area contributed by atoms with Crippen LogP contribution in [0.5, 0.6) is 17.2 Å². The van der Waals surface area contributed by atoms with Gasteiger partial charge in [-0.3, -0.25) is 0 Å². The topological polar surface area (TPSA) is 60.7 Å². The van der Waals surface area contributed by atoms with Crippen molar-refractivity contribution in [1.29, 1.82) is 0 Å². The molecule has 3 N–H and O–H groups in total. The van der Waals surface area contributed by atoms with E-state index in [1.54, 1.807) is 72.8 Å². The van der Waals surface area contributed by atoms with Crippen LogP contribution in [0.15, 0.2) is 91.0 Å². The summed E-state index contributed by atoms with van der Waals surface area (Å²) in [7, 11) is 0. The Hall–Kier alpha value is -2.94. The number of rotatable bonds is 0. The lowest BCUT2D eigenvalue weighted by atomic mass is 10.3. The van der Waals surface area contributed by atoms with Crippen molar-refractivity contribution in [2.75, 3.05) is 0 Å². The minimum atomic E-state index is 0.322. The van der Waals surface area contributed by atoms with Gasteiger partial charge in [0.25, 0.3) is 0 Å². The predicted molar refractivity (Wildman–Crippen MR) is 118 cm³/mol. The molecule has 3 heteroatoms. The number of hydrogen-bond donors (Lipinski definition) is 3. The molecule has 0 aliphatic heterocycles. The summed E-state index contributed by atoms with van der Waals surface area (Å²) in [5.74, 6) is 0.965. The minimum Gasteiger partial charge on any atom is -0.508 e. The third-order valence-corrected chi connectivity index (χ3v) is 2.27. The van der Waals surface area contributed by atoms with E-state index in [2.05, 4.69) is 0 Å². The second-order valence-corrected chi connectivity index (χ2v) is 4.01. The highest BCUT2D eigenvalue weighted by molar-refractivity contribution is 5.19. The summed E-state index contributed by atoms with van der Waals surface area (Å²) >= 11 is 0. The van der Waals surface area contributed by atoms with Gasteiger partial charge in [0.2, 0.25) is 0 Å². The largest absolute Gasteiger partial charge is 0.508 e. The van der Waals surface area contributed by atoms with Crippen LogP contribution in [0.1, 0.15) is 41.5 Å². The summed E-state index contributed by atoms with van der Waals surface area (Å²) in [5.41, 5.74) is 0. The second kappa shape index (κ2) is 25.3. The van der Waals surface area contributed by atoms with Gasteiger partial charge in [-0.15, -0.1) is 0 Å². The van der Waals surface area contributed by atoms with Crippen LogP contribution in [0.25, 0.3) is 0 Å². The number of para-hydroxylation sites is 3. The van der Waals surface area contributed by atoms with E-state index >= 15 is 0 Å². The Morgan fingerprint density at radius 2 is 0.481 bits per heavy atom. The summed E-state index contributed by atoms with van der Waals surface area (Å²) in [6.45, 7) is 12.0. The van der Waals surface area contributed by atoms with Crippen molar-refractivity contribution in [3.63, 3.8) is 0 Å². The molecule has 0 saturated heterocycles. The summed E-state index contributed by atoms with van der Waals surface area (Å²) in [6.07, 6.45) is 0. The molecule has 150 valence electrons. The summed E-state index contributed by atoms with van der Waals surface area (Å²) < 4.78 is 0. The minimum absolute atomic E-state index is 0.322. The van der Waals surface area contributed by atoms with Crippen LogP contribution in [-0.4, -0.2) is 15.3 Å². The van der Waals surface area contributed by atoms with Gasteiger partial charge in [-0.25, -0.2) is 0 Å². The van der Waals surface area contributed by atoms with Gasteiger partial charge in [0.15, 0.2) is 0 Å². The fraction of sp³-hybridized carbons (Fsp3) is 0.250. The number of aromatic hydroxyl groups is 3. The first-order chi connectivity index (χ1) is 13.2. The Morgan fingerprint density at radius 3 is 0.556 bits per heavy atom. The van der Waals surface area contributed by atoms with Crippen LogP contribution >= 0.6 is 0 Å². The van der Waals surface area contributed by atoms with Crippen molar-refractivity contribution in [3.8, 4) is 17.2 Å².